The number of amides is 2. The maximum Gasteiger partial charge on any atom is 0.287 e. The molecule has 2 amide bonds. The number of pyridine rings is 1. The molecule has 3 heterocycles. The maximum absolute atomic E-state index is 12.6. The van der Waals surface area contributed by atoms with Crippen molar-refractivity contribution in [3.05, 3.63) is 60.3 Å². The molecule has 3 rings (SSSR count). The van der Waals surface area contributed by atoms with Crippen molar-refractivity contribution in [1.29, 1.82) is 0 Å². The molecular formula is C17H15N5O4. The highest BCUT2D eigenvalue weighted by molar-refractivity contribution is 6.38. The fourth-order valence-corrected chi connectivity index (χ4v) is 2.41. The van der Waals surface area contributed by atoms with E-state index in [0.29, 0.717) is 17.1 Å². The van der Waals surface area contributed by atoms with Crippen molar-refractivity contribution in [3.63, 3.8) is 0 Å². The normalized spacial score (nSPS) is 11.7. The number of carbonyl (C=O) groups excluding carboxylic acids is 3. The number of hydrogen-bond acceptors (Lipinski definition) is 6. The molecule has 1 unspecified atom stereocenters. The molecule has 4 N–H and O–H groups in total. The second kappa shape index (κ2) is 7.43. The highest BCUT2D eigenvalue weighted by atomic mass is 16.3. The molecule has 0 spiro atoms. The van der Waals surface area contributed by atoms with E-state index in [0.717, 1.165) is 0 Å². The van der Waals surface area contributed by atoms with Crippen LogP contribution in [0.4, 0.5) is 0 Å². The third kappa shape index (κ3) is 3.66. The smallest absolute Gasteiger partial charge is 0.287 e. The van der Waals surface area contributed by atoms with Gasteiger partial charge in [0.25, 0.3) is 11.8 Å². The molecule has 1 atom stereocenters. The number of aromatic amines is 1. The minimum absolute atomic E-state index is 0.00269. The Morgan fingerprint density at radius 1 is 1.23 bits per heavy atom. The number of aromatic nitrogens is 3. The first kappa shape index (κ1) is 17.1. The second-order valence-electron chi connectivity index (χ2n) is 5.41. The second-order valence-corrected chi connectivity index (χ2v) is 5.41. The molecule has 0 aliphatic carbocycles. The quantitative estimate of drug-likeness (QED) is 0.526. The Balaban J connectivity index is 1.83. The molecule has 0 aliphatic heterocycles. The average Bonchev–Trinajstić information content (AvgIpc) is 3.32. The van der Waals surface area contributed by atoms with Gasteiger partial charge in [-0.2, -0.15) is 5.10 Å². The number of nitrogens with one attached hydrogen (secondary N) is 2. The van der Waals surface area contributed by atoms with Crippen molar-refractivity contribution in [2.45, 2.75) is 12.5 Å². The van der Waals surface area contributed by atoms with Gasteiger partial charge < -0.3 is 15.5 Å². The highest BCUT2D eigenvalue weighted by Crippen LogP contribution is 2.18. The average molecular weight is 353 g/mol. The summed E-state index contributed by atoms with van der Waals surface area (Å²) in [6.07, 6.45) is 4.32. The van der Waals surface area contributed by atoms with Gasteiger partial charge in [0.1, 0.15) is 11.8 Å². The summed E-state index contributed by atoms with van der Waals surface area (Å²) in [4.78, 5) is 40.1. The summed E-state index contributed by atoms with van der Waals surface area (Å²) in [5.41, 5.74) is 6.18. The molecule has 26 heavy (non-hydrogen) atoms. The zero-order valence-electron chi connectivity index (χ0n) is 13.5. The van der Waals surface area contributed by atoms with Gasteiger partial charge in [0.05, 0.1) is 29.4 Å². The predicted molar refractivity (Wildman–Crippen MR) is 89.7 cm³/mol. The molecule has 0 saturated carbocycles. The first-order valence-electron chi connectivity index (χ1n) is 7.68. The third-order valence-corrected chi connectivity index (χ3v) is 3.66. The van der Waals surface area contributed by atoms with Gasteiger partial charge in [0.15, 0.2) is 0 Å². The molecule has 0 saturated heterocycles. The Kier molecular flexibility index (Phi) is 4.88. The monoisotopic (exact) mass is 353 g/mol. The number of carbonyl (C=O) groups is 3. The summed E-state index contributed by atoms with van der Waals surface area (Å²) in [5.74, 6) is -2.22. The van der Waals surface area contributed by atoms with E-state index in [1.54, 1.807) is 36.5 Å². The van der Waals surface area contributed by atoms with E-state index < -0.39 is 23.6 Å². The minimum atomic E-state index is -1.15. The van der Waals surface area contributed by atoms with Crippen molar-refractivity contribution < 1.29 is 18.8 Å². The summed E-state index contributed by atoms with van der Waals surface area (Å²) in [6.45, 7) is 0. The standard InChI is InChI=1S/C17H15N5O4/c18-16(24)15(23)13(8-10-4-3-7-26-10)21-17(25)11-9-20-22-14(11)12-5-1-2-6-19-12/h1-7,9,13H,8H2,(H2,18,24)(H,20,22)(H,21,25). The maximum atomic E-state index is 12.6. The molecular weight excluding hydrogens is 338 g/mol. The van der Waals surface area contributed by atoms with Gasteiger partial charge in [-0.05, 0) is 24.3 Å². The van der Waals surface area contributed by atoms with E-state index in [4.69, 9.17) is 10.2 Å². The SMILES string of the molecule is NC(=O)C(=O)C(Cc1ccco1)NC(=O)c1cn[nH]c1-c1ccccn1. The summed E-state index contributed by atoms with van der Waals surface area (Å²) < 4.78 is 5.18. The number of nitrogens with two attached hydrogens (primary N) is 1. The van der Waals surface area contributed by atoms with Crippen LogP contribution in [-0.4, -0.2) is 38.8 Å². The Morgan fingerprint density at radius 2 is 2.08 bits per heavy atom. The van der Waals surface area contributed by atoms with Crippen LogP contribution in [0.1, 0.15) is 16.1 Å². The van der Waals surface area contributed by atoms with Gasteiger partial charge in [0.2, 0.25) is 5.78 Å². The highest BCUT2D eigenvalue weighted by Gasteiger charge is 2.28. The summed E-state index contributed by atoms with van der Waals surface area (Å²) in [6, 6.07) is 7.32. The lowest BCUT2D eigenvalue weighted by Gasteiger charge is -2.15. The third-order valence-electron chi connectivity index (χ3n) is 3.66. The number of nitrogens with zero attached hydrogens (tertiary/aromatic N) is 2. The summed E-state index contributed by atoms with van der Waals surface area (Å²) >= 11 is 0. The van der Waals surface area contributed by atoms with Crippen LogP contribution in [0.3, 0.4) is 0 Å². The lowest BCUT2D eigenvalue weighted by molar-refractivity contribution is -0.137. The molecule has 0 bridgehead atoms. The summed E-state index contributed by atoms with van der Waals surface area (Å²) in [7, 11) is 0. The summed E-state index contributed by atoms with van der Waals surface area (Å²) in [5, 5.41) is 9.08. The number of H-pyrrole nitrogens is 1. The lowest BCUT2D eigenvalue weighted by atomic mass is 10.1. The minimum Gasteiger partial charge on any atom is -0.469 e. The van der Waals surface area contributed by atoms with Gasteiger partial charge in [0, 0.05) is 12.6 Å². The Hall–Kier alpha value is -3.75. The van der Waals surface area contributed by atoms with Crippen LogP contribution < -0.4 is 11.1 Å². The van der Waals surface area contributed by atoms with Crippen molar-refractivity contribution >= 4 is 17.6 Å². The van der Waals surface area contributed by atoms with E-state index in [1.807, 2.05) is 0 Å². The number of ketones is 1. The van der Waals surface area contributed by atoms with Crippen LogP contribution in [0, 0.1) is 0 Å². The van der Waals surface area contributed by atoms with E-state index >= 15 is 0 Å². The molecule has 9 nitrogen and oxygen atoms in total. The number of rotatable bonds is 7. The fourth-order valence-electron chi connectivity index (χ4n) is 2.41. The number of hydrogen-bond donors (Lipinski definition) is 3. The van der Waals surface area contributed by atoms with E-state index in [2.05, 4.69) is 20.5 Å². The van der Waals surface area contributed by atoms with Crippen LogP contribution in [0.5, 0.6) is 0 Å². The zero-order valence-corrected chi connectivity index (χ0v) is 13.5. The van der Waals surface area contributed by atoms with Crippen LogP contribution in [0.25, 0.3) is 11.4 Å². The Bertz CT molecular complexity index is 918. The molecule has 0 radical (unpaired) electrons. The van der Waals surface area contributed by atoms with Gasteiger partial charge in [-0.1, -0.05) is 6.07 Å². The van der Waals surface area contributed by atoms with Gasteiger partial charge in [-0.15, -0.1) is 0 Å². The predicted octanol–water partition coefficient (Wildman–Crippen LogP) is 0.460. The number of Topliss-reactive ketones (excluding diaryl/α,β-unsaturated/α-hetero) is 1. The number of primary amides is 1. The van der Waals surface area contributed by atoms with Crippen LogP contribution in [-0.2, 0) is 16.0 Å². The fraction of sp³-hybridized carbons (Fsp3) is 0.118. The molecule has 0 fully saturated rings. The topological polar surface area (TPSA) is 144 Å². The lowest BCUT2D eigenvalue weighted by Crippen LogP contribution is -2.47. The molecule has 0 aromatic carbocycles. The van der Waals surface area contributed by atoms with Crippen molar-refractivity contribution in [2.24, 2.45) is 5.73 Å². The van der Waals surface area contributed by atoms with E-state index in [1.165, 1.54) is 12.5 Å². The molecule has 3 aromatic heterocycles. The molecule has 0 aliphatic rings. The van der Waals surface area contributed by atoms with Crippen LogP contribution in [0.2, 0.25) is 0 Å². The van der Waals surface area contributed by atoms with Gasteiger partial charge in [-0.3, -0.25) is 24.5 Å². The Morgan fingerprint density at radius 3 is 2.73 bits per heavy atom. The van der Waals surface area contributed by atoms with Crippen LogP contribution in [0.15, 0.2) is 53.4 Å². The van der Waals surface area contributed by atoms with Gasteiger partial charge in [-0.25, -0.2) is 0 Å². The Labute approximate surface area is 147 Å². The number of furan rings is 1. The van der Waals surface area contributed by atoms with E-state index in [-0.39, 0.29) is 12.0 Å². The van der Waals surface area contributed by atoms with Gasteiger partial charge >= 0.3 is 0 Å². The van der Waals surface area contributed by atoms with E-state index in [9.17, 15) is 14.4 Å². The molecule has 3 aromatic rings. The molecule has 132 valence electrons. The first-order valence-corrected chi connectivity index (χ1v) is 7.68. The van der Waals surface area contributed by atoms with Crippen LogP contribution >= 0.6 is 0 Å². The van der Waals surface area contributed by atoms with Crippen molar-refractivity contribution in [3.8, 4) is 11.4 Å². The largest absolute Gasteiger partial charge is 0.469 e. The molecule has 9 heteroatoms. The van der Waals surface area contributed by atoms with Crippen molar-refractivity contribution in [2.75, 3.05) is 0 Å². The zero-order chi connectivity index (χ0) is 18.5. The first-order chi connectivity index (χ1) is 12.6. The van der Waals surface area contributed by atoms with Crippen molar-refractivity contribution in [1.82, 2.24) is 20.5 Å².